The predicted molar refractivity (Wildman–Crippen MR) is 114 cm³/mol. The van der Waals surface area contributed by atoms with Crippen molar-refractivity contribution in [2.45, 2.75) is 44.9 Å². The highest BCUT2D eigenvalue weighted by Crippen LogP contribution is 2.21. The van der Waals surface area contributed by atoms with Crippen LogP contribution in [0.25, 0.3) is 10.9 Å². The molecule has 1 fully saturated rings. The monoisotopic (exact) mass is 420 g/mol. The minimum Gasteiger partial charge on any atom is -0.369 e. The minimum atomic E-state index is -0.860. The number of carbonyl (C=O) groups excluding carboxylic acids is 2. The SMILES string of the molecule is COC(C)(C)C(=O)N1CCCC(N(C)C(=O)NCc2cc3cc(Cl)ccc3[nH]2)C1. The van der Waals surface area contributed by atoms with E-state index in [9.17, 15) is 9.59 Å². The lowest BCUT2D eigenvalue weighted by molar-refractivity contribution is -0.152. The number of aromatic amines is 1. The van der Waals surface area contributed by atoms with Crippen LogP contribution in [0.3, 0.4) is 0 Å². The molecule has 1 aliphatic heterocycles. The van der Waals surface area contributed by atoms with Crippen LogP contribution in [0.15, 0.2) is 24.3 Å². The van der Waals surface area contributed by atoms with Gasteiger partial charge in [-0.05, 0) is 51.0 Å². The smallest absolute Gasteiger partial charge is 0.317 e. The third-order valence-corrected chi connectivity index (χ3v) is 5.88. The summed E-state index contributed by atoms with van der Waals surface area (Å²) in [6, 6.07) is 7.44. The Morgan fingerprint density at radius 3 is 2.86 bits per heavy atom. The molecule has 3 amide bonds. The number of H-pyrrole nitrogens is 1. The lowest BCUT2D eigenvalue weighted by Crippen LogP contribution is -2.56. The van der Waals surface area contributed by atoms with E-state index in [1.54, 1.807) is 30.7 Å². The van der Waals surface area contributed by atoms with E-state index in [1.165, 1.54) is 7.11 Å². The third-order valence-electron chi connectivity index (χ3n) is 5.65. The molecule has 3 rings (SSSR count). The molecular formula is C21H29ClN4O3. The zero-order valence-electron chi connectivity index (χ0n) is 17.4. The fourth-order valence-electron chi connectivity index (χ4n) is 3.64. The fraction of sp³-hybridized carbons (Fsp3) is 0.524. The maximum Gasteiger partial charge on any atom is 0.317 e. The van der Waals surface area contributed by atoms with Crippen molar-refractivity contribution in [1.82, 2.24) is 20.1 Å². The first kappa shape index (κ1) is 21.5. The number of nitrogens with zero attached hydrogens (tertiary/aromatic N) is 2. The number of benzene rings is 1. The summed E-state index contributed by atoms with van der Waals surface area (Å²) in [6.45, 7) is 5.13. The highest BCUT2D eigenvalue weighted by molar-refractivity contribution is 6.31. The second kappa shape index (κ2) is 8.63. The van der Waals surface area contributed by atoms with E-state index in [0.29, 0.717) is 24.7 Å². The van der Waals surface area contributed by atoms with Crippen LogP contribution >= 0.6 is 11.6 Å². The van der Waals surface area contributed by atoms with Crippen molar-refractivity contribution >= 4 is 34.4 Å². The van der Waals surface area contributed by atoms with E-state index < -0.39 is 5.60 Å². The first-order valence-corrected chi connectivity index (χ1v) is 10.2. The van der Waals surface area contributed by atoms with E-state index in [0.717, 1.165) is 29.4 Å². The molecule has 8 heteroatoms. The molecule has 1 atom stereocenters. The zero-order valence-corrected chi connectivity index (χ0v) is 18.2. The van der Waals surface area contributed by atoms with Gasteiger partial charge >= 0.3 is 6.03 Å². The summed E-state index contributed by atoms with van der Waals surface area (Å²) in [6.07, 6.45) is 1.72. The molecule has 158 valence electrons. The second-order valence-electron chi connectivity index (χ2n) is 8.06. The maximum atomic E-state index is 12.7. The number of likely N-dealkylation sites (N-methyl/N-ethyl adjacent to an activating group) is 1. The van der Waals surface area contributed by atoms with Crippen LogP contribution in [0.2, 0.25) is 5.02 Å². The Balaban J connectivity index is 1.58. The first-order chi connectivity index (χ1) is 13.7. The molecule has 1 unspecified atom stereocenters. The maximum absolute atomic E-state index is 12.7. The number of ether oxygens (including phenoxy) is 1. The normalized spacial score (nSPS) is 17.4. The number of carbonyl (C=O) groups is 2. The molecule has 0 spiro atoms. The van der Waals surface area contributed by atoms with Gasteiger partial charge in [-0.2, -0.15) is 0 Å². The number of halogens is 1. The number of piperidine rings is 1. The largest absolute Gasteiger partial charge is 0.369 e. The number of aromatic nitrogens is 1. The summed E-state index contributed by atoms with van der Waals surface area (Å²) in [4.78, 5) is 32.1. The summed E-state index contributed by atoms with van der Waals surface area (Å²) in [5.41, 5.74) is 1.03. The van der Waals surface area contributed by atoms with E-state index in [-0.39, 0.29) is 18.0 Å². The highest BCUT2D eigenvalue weighted by atomic mass is 35.5. The number of methoxy groups -OCH3 is 1. The molecule has 1 aromatic heterocycles. The molecule has 1 saturated heterocycles. The van der Waals surface area contributed by atoms with Crippen LogP contribution in [0.1, 0.15) is 32.4 Å². The van der Waals surface area contributed by atoms with Gasteiger partial charge in [0.15, 0.2) is 0 Å². The van der Waals surface area contributed by atoms with Crippen LogP contribution in [-0.4, -0.2) is 65.6 Å². The van der Waals surface area contributed by atoms with Gasteiger partial charge in [-0.3, -0.25) is 4.79 Å². The van der Waals surface area contributed by atoms with Gasteiger partial charge in [0.05, 0.1) is 12.6 Å². The van der Waals surface area contributed by atoms with Crippen LogP contribution in [0.4, 0.5) is 4.79 Å². The number of urea groups is 1. The molecule has 7 nitrogen and oxygen atoms in total. The standard InChI is InChI=1S/C21H29ClN4O3/c1-21(2,29-4)19(27)26-9-5-6-17(13-26)25(3)20(28)23-12-16-11-14-10-15(22)7-8-18(14)24-16/h7-8,10-11,17,24H,5-6,9,12-13H2,1-4H3,(H,23,28). The third kappa shape index (κ3) is 4.85. The van der Waals surface area contributed by atoms with Crippen molar-refractivity contribution in [2.24, 2.45) is 0 Å². The van der Waals surface area contributed by atoms with Gasteiger partial charge in [0.25, 0.3) is 5.91 Å². The number of nitrogens with one attached hydrogen (secondary N) is 2. The molecule has 1 aliphatic rings. The Kier molecular flexibility index (Phi) is 6.39. The molecule has 29 heavy (non-hydrogen) atoms. The number of rotatable bonds is 5. The average molecular weight is 421 g/mol. The quantitative estimate of drug-likeness (QED) is 0.778. The van der Waals surface area contributed by atoms with Crippen LogP contribution < -0.4 is 5.32 Å². The summed E-state index contributed by atoms with van der Waals surface area (Å²) >= 11 is 6.03. The minimum absolute atomic E-state index is 0.0260. The number of likely N-dealkylation sites (tertiary alicyclic amines) is 1. The molecule has 0 saturated carbocycles. The van der Waals surface area contributed by atoms with Crippen LogP contribution in [0.5, 0.6) is 0 Å². The fourth-order valence-corrected chi connectivity index (χ4v) is 3.82. The van der Waals surface area contributed by atoms with Gasteiger partial charge in [0, 0.05) is 48.9 Å². The van der Waals surface area contributed by atoms with Crippen molar-refractivity contribution < 1.29 is 14.3 Å². The second-order valence-corrected chi connectivity index (χ2v) is 8.49. The topological polar surface area (TPSA) is 77.7 Å². The van der Waals surface area contributed by atoms with Crippen LogP contribution in [-0.2, 0) is 16.1 Å². The highest BCUT2D eigenvalue weighted by Gasteiger charge is 2.36. The molecule has 2 heterocycles. The number of hydrogen-bond acceptors (Lipinski definition) is 3. The number of fused-ring (bicyclic) bond motifs is 1. The van der Waals surface area contributed by atoms with E-state index in [4.69, 9.17) is 16.3 Å². The van der Waals surface area contributed by atoms with Crippen LogP contribution in [0, 0.1) is 0 Å². The molecule has 0 aliphatic carbocycles. The molecule has 0 radical (unpaired) electrons. The van der Waals surface area contributed by atoms with Gasteiger partial charge in [0.1, 0.15) is 5.60 Å². The van der Waals surface area contributed by atoms with E-state index in [1.807, 2.05) is 24.3 Å². The van der Waals surface area contributed by atoms with Crippen molar-refractivity contribution in [3.8, 4) is 0 Å². The molecular weight excluding hydrogens is 392 g/mol. The van der Waals surface area contributed by atoms with Crippen molar-refractivity contribution in [1.29, 1.82) is 0 Å². The van der Waals surface area contributed by atoms with Gasteiger partial charge in [-0.15, -0.1) is 0 Å². The average Bonchev–Trinajstić information content (AvgIpc) is 3.12. The van der Waals surface area contributed by atoms with Crippen molar-refractivity contribution in [2.75, 3.05) is 27.2 Å². The Morgan fingerprint density at radius 2 is 2.14 bits per heavy atom. The number of hydrogen-bond donors (Lipinski definition) is 2. The number of amides is 3. The molecule has 2 N–H and O–H groups in total. The first-order valence-electron chi connectivity index (χ1n) is 9.83. The summed E-state index contributed by atoms with van der Waals surface area (Å²) in [7, 11) is 3.32. The van der Waals surface area contributed by atoms with E-state index in [2.05, 4.69) is 10.3 Å². The lowest BCUT2D eigenvalue weighted by Gasteiger charge is -2.40. The Hall–Kier alpha value is -2.25. The summed E-state index contributed by atoms with van der Waals surface area (Å²) in [5.74, 6) is -0.0461. The Morgan fingerprint density at radius 1 is 1.38 bits per heavy atom. The molecule has 2 aromatic rings. The van der Waals surface area contributed by atoms with Gasteiger partial charge in [-0.25, -0.2) is 4.79 Å². The van der Waals surface area contributed by atoms with Crippen molar-refractivity contribution in [3.63, 3.8) is 0 Å². The molecule has 1 aromatic carbocycles. The van der Waals surface area contributed by atoms with Crippen molar-refractivity contribution in [3.05, 3.63) is 35.0 Å². The Bertz CT molecular complexity index is 895. The van der Waals surface area contributed by atoms with Gasteiger partial charge in [0.2, 0.25) is 0 Å². The van der Waals surface area contributed by atoms with Gasteiger partial charge in [-0.1, -0.05) is 11.6 Å². The summed E-state index contributed by atoms with van der Waals surface area (Å²) in [5, 5.41) is 4.64. The Labute approximate surface area is 176 Å². The summed E-state index contributed by atoms with van der Waals surface area (Å²) < 4.78 is 5.32. The predicted octanol–water partition coefficient (Wildman–Crippen LogP) is 3.38. The lowest BCUT2D eigenvalue weighted by atomic mass is 10.0. The van der Waals surface area contributed by atoms with E-state index >= 15 is 0 Å². The van der Waals surface area contributed by atoms with Gasteiger partial charge < -0.3 is 24.8 Å². The molecule has 0 bridgehead atoms. The zero-order chi connectivity index (χ0) is 21.2.